The van der Waals surface area contributed by atoms with E-state index in [1.165, 1.54) is 0 Å². The van der Waals surface area contributed by atoms with Crippen molar-refractivity contribution in [3.05, 3.63) is 48.0 Å². The van der Waals surface area contributed by atoms with Crippen LogP contribution in [0.3, 0.4) is 0 Å². The topological polar surface area (TPSA) is 0 Å². The molecule has 1 fully saturated rings. The van der Waals surface area contributed by atoms with Gasteiger partial charge < -0.3 is 0 Å². The van der Waals surface area contributed by atoms with Gasteiger partial charge in [0.05, 0.1) is 0 Å². The van der Waals surface area contributed by atoms with E-state index in [2.05, 4.69) is 0 Å². The van der Waals surface area contributed by atoms with Crippen molar-refractivity contribution >= 4 is 10.8 Å². The molecule has 0 bridgehead atoms. The molecular weight excluding hydrogens is 309 g/mol. The first-order valence-electron chi connectivity index (χ1n) is 9.03. The second-order valence-corrected chi connectivity index (χ2v) is 6.95. The van der Waals surface area contributed by atoms with Gasteiger partial charge >= 0.3 is 0 Å². The molecule has 0 amide bonds. The molecule has 0 saturated heterocycles. The molecule has 0 spiro atoms. The molecule has 3 rings (SSSR count). The fraction of sp³-hybridized carbons (Fsp3) is 0.524. The number of alkyl halides is 3. The van der Waals surface area contributed by atoms with E-state index in [9.17, 15) is 13.2 Å². The highest BCUT2D eigenvalue weighted by Crippen LogP contribution is 2.46. The third-order valence-electron chi connectivity index (χ3n) is 5.41. The van der Waals surface area contributed by atoms with Crippen LogP contribution in [0.2, 0.25) is 0 Å². The molecular formula is C21H25F3. The number of fused-ring (bicyclic) bond motifs is 1. The maximum Gasteiger partial charge on any atom is 0.138 e. The molecule has 0 aliphatic heterocycles. The zero-order valence-electron chi connectivity index (χ0n) is 14.1. The summed E-state index contributed by atoms with van der Waals surface area (Å²) < 4.78 is 43.8. The van der Waals surface area contributed by atoms with Crippen molar-refractivity contribution < 1.29 is 13.2 Å². The molecule has 3 heteroatoms. The highest BCUT2D eigenvalue weighted by molar-refractivity contribution is 5.86. The summed E-state index contributed by atoms with van der Waals surface area (Å²) in [6.07, 6.45) is -1.52. The molecule has 0 nitrogen and oxygen atoms in total. The number of hydrogen-bond acceptors (Lipinski definition) is 0. The monoisotopic (exact) mass is 334 g/mol. The summed E-state index contributed by atoms with van der Waals surface area (Å²) in [5, 5.41) is 1.90. The Morgan fingerprint density at radius 2 is 1.79 bits per heavy atom. The summed E-state index contributed by atoms with van der Waals surface area (Å²) in [4.78, 5) is 0. The van der Waals surface area contributed by atoms with Gasteiger partial charge in [0.1, 0.15) is 18.5 Å². The van der Waals surface area contributed by atoms with Crippen LogP contribution < -0.4 is 0 Å². The van der Waals surface area contributed by atoms with Gasteiger partial charge in [0.2, 0.25) is 0 Å². The summed E-state index contributed by atoms with van der Waals surface area (Å²) in [5.41, 5.74) is 0.757. The Morgan fingerprint density at radius 1 is 1.04 bits per heavy atom. The summed E-state index contributed by atoms with van der Waals surface area (Å²) >= 11 is 0. The SMILES string of the molecule is CCCCC(F)C1CCC(F)C(F)C1c1cccc2ccccc12. The average molecular weight is 334 g/mol. The zero-order chi connectivity index (χ0) is 17.1. The lowest BCUT2D eigenvalue weighted by Crippen LogP contribution is -2.40. The second kappa shape index (κ2) is 7.58. The lowest BCUT2D eigenvalue weighted by molar-refractivity contribution is 0.0307. The third kappa shape index (κ3) is 3.31. The van der Waals surface area contributed by atoms with Crippen LogP contribution in [0.15, 0.2) is 42.5 Å². The maximum atomic E-state index is 14.8. The van der Waals surface area contributed by atoms with Gasteiger partial charge in [0.15, 0.2) is 0 Å². The predicted molar refractivity (Wildman–Crippen MR) is 93.6 cm³/mol. The number of hydrogen-bond donors (Lipinski definition) is 0. The highest BCUT2D eigenvalue weighted by atomic mass is 19.2. The van der Waals surface area contributed by atoms with Crippen molar-refractivity contribution in [2.75, 3.05) is 0 Å². The van der Waals surface area contributed by atoms with Gasteiger partial charge in [-0.2, -0.15) is 0 Å². The van der Waals surface area contributed by atoms with E-state index in [-0.39, 0.29) is 6.42 Å². The minimum atomic E-state index is -1.63. The largest absolute Gasteiger partial charge is 0.247 e. The maximum absolute atomic E-state index is 14.8. The van der Waals surface area contributed by atoms with Crippen molar-refractivity contribution in [3.8, 4) is 0 Å². The first-order chi connectivity index (χ1) is 11.6. The van der Waals surface area contributed by atoms with Gasteiger partial charge in [-0.25, -0.2) is 13.2 Å². The Balaban J connectivity index is 2.01. The summed E-state index contributed by atoms with van der Waals surface area (Å²) in [6, 6.07) is 13.4. The van der Waals surface area contributed by atoms with E-state index < -0.39 is 30.4 Å². The van der Waals surface area contributed by atoms with Crippen LogP contribution in [0.5, 0.6) is 0 Å². The standard InChI is InChI=1S/C21H25F3/c1-2-3-11-18(22)17-12-13-19(23)21(24)20(17)16-10-6-8-14-7-4-5-9-15(14)16/h4-10,17-21H,2-3,11-13H2,1H3. The second-order valence-electron chi connectivity index (χ2n) is 6.95. The quantitative estimate of drug-likeness (QED) is 0.582. The Morgan fingerprint density at radius 3 is 2.58 bits per heavy atom. The molecule has 24 heavy (non-hydrogen) atoms. The van der Waals surface area contributed by atoms with E-state index in [0.29, 0.717) is 12.8 Å². The van der Waals surface area contributed by atoms with Crippen molar-refractivity contribution in [2.45, 2.75) is 63.5 Å². The molecule has 0 N–H and O–H groups in total. The molecule has 0 heterocycles. The summed E-state index contributed by atoms with van der Waals surface area (Å²) in [6.45, 7) is 2.02. The third-order valence-corrected chi connectivity index (χ3v) is 5.41. The Labute approximate surface area is 142 Å². The van der Waals surface area contributed by atoms with E-state index in [0.717, 1.165) is 29.2 Å². The van der Waals surface area contributed by atoms with Crippen molar-refractivity contribution in [3.63, 3.8) is 0 Å². The average Bonchev–Trinajstić information content (AvgIpc) is 2.61. The van der Waals surface area contributed by atoms with Gasteiger partial charge in [-0.3, -0.25) is 0 Å². The van der Waals surface area contributed by atoms with Crippen LogP contribution in [0.25, 0.3) is 10.8 Å². The summed E-state index contributed by atoms with van der Waals surface area (Å²) in [5.74, 6) is -1.14. The van der Waals surface area contributed by atoms with E-state index >= 15 is 0 Å². The van der Waals surface area contributed by atoms with Crippen LogP contribution in [-0.2, 0) is 0 Å². The first kappa shape index (κ1) is 17.3. The fourth-order valence-corrected chi connectivity index (χ4v) is 4.11. The van der Waals surface area contributed by atoms with Crippen molar-refractivity contribution in [2.24, 2.45) is 5.92 Å². The summed E-state index contributed by atoms with van der Waals surface area (Å²) in [7, 11) is 0. The van der Waals surface area contributed by atoms with Gasteiger partial charge in [0.25, 0.3) is 0 Å². The Kier molecular flexibility index (Phi) is 5.47. The molecule has 0 radical (unpaired) electrons. The van der Waals surface area contributed by atoms with Crippen LogP contribution in [0.4, 0.5) is 13.2 Å². The molecule has 130 valence electrons. The molecule has 1 saturated carbocycles. The molecule has 2 aromatic rings. The lowest BCUT2D eigenvalue weighted by Gasteiger charge is -2.38. The van der Waals surface area contributed by atoms with Crippen LogP contribution >= 0.6 is 0 Å². The van der Waals surface area contributed by atoms with Crippen LogP contribution in [0, 0.1) is 5.92 Å². The van der Waals surface area contributed by atoms with Crippen LogP contribution in [0.1, 0.15) is 50.5 Å². The van der Waals surface area contributed by atoms with E-state index in [1.54, 1.807) is 0 Å². The number of halogens is 3. The smallest absolute Gasteiger partial charge is 0.138 e. The number of unbranched alkanes of at least 4 members (excludes halogenated alkanes) is 1. The lowest BCUT2D eigenvalue weighted by atomic mass is 9.70. The highest BCUT2D eigenvalue weighted by Gasteiger charge is 2.44. The minimum Gasteiger partial charge on any atom is -0.247 e. The van der Waals surface area contributed by atoms with Gasteiger partial charge in [-0.15, -0.1) is 0 Å². The van der Waals surface area contributed by atoms with Gasteiger partial charge in [0, 0.05) is 5.92 Å². The van der Waals surface area contributed by atoms with E-state index in [1.807, 2.05) is 49.4 Å². The van der Waals surface area contributed by atoms with Gasteiger partial charge in [-0.1, -0.05) is 62.2 Å². The molecule has 5 unspecified atom stereocenters. The Bertz CT molecular complexity index is 664. The molecule has 1 aliphatic rings. The predicted octanol–water partition coefficient (Wildman–Crippen LogP) is 6.54. The molecule has 2 aromatic carbocycles. The Hall–Kier alpha value is -1.51. The zero-order valence-corrected chi connectivity index (χ0v) is 14.1. The first-order valence-corrected chi connectivity index (χ1v) is 9.03. The van der Waals surface area contributed by atoms with Gasteiger partial charge in [-0.05, 0) is 41.5 Å². The molecule has 0 aromatic heterocycles. The molecule has 5 atom stereocenters. The number of benzene rings is 2. The van der Waals surface area contributed by atoms with E-state index in [4.69, 9.17) is 0 Å². The minimum absolute atomic E-state index is 0.125. The van der Waals surface area contributed by atoms with Crippen molar-refractivity contribution in [1.82, 2.24) is 0 Å². The number of rotatable bonds is 5. The van der Waals surface area contributed by atoms with Crippen LogP contribution in [-0.4, -0.2) is 18.5 Å². The molecule has 1 aliphatic carbocycles. The normalized spacial score (nSPS) is 28.8. The van der Waals surface area contributed by atoms with Crippen molar-refractivity contribution in [1.29, 1.82) is 0 Å². The fourth-order valence-electron chi connectivity index (χ4n) is 4.11.